The number of nitrogens with zero attached hydrogens (tertiary/aromatic N) is 2. The first-order valence-electron chi connectivity index (χ1n) is 7.42. The van der Waals surface area contributed by atoms with Gasteiger partial charge < -0.3 is 10.2 Å². The maximum absolute atomic E-state index is 12.3. The molecule has 3 rings (SSSR count). The summed E-state index contributed by atoms with van der Waals surface area (Å²) in [4.78, 5) is 18.9. The molecule has 0 spiro atoms. The van der Waals surface area contributed by atoms with E-state index in [1.54, 1.807) is 12.3 Å². The fraction of sp³-hybridized carbons (Fsp3) is 0.294. The van der Waals surface area contributed by atoms with E-state index in [4.69, 9.17) is 0 Å². The third kappa shape index (κ3) is 3.30. The summed E-state index contributed by atoms with van der Waals surface area (Å²) in [7, 11) is 0. The second-order valence-electron chi connectivity index (χ2n) is 5.51. The van der Waals surface area contributed by atoms with E-state index in [0.29, 0.717) is 5.69 Å². The number of halogens is 1. The number of pyridine rings is 1. The molecule has 114 valence electrons. The average molecular weight is 360 g/mol. The van der Waals surface area contributed by atoms with Gasteiger partial charge in [-0.25, -0.2) is 4.98 Å². The van der Waals surface area contributed by atoms with Crippen molar-refractivity contribution in [2.45, 2.75) is 19.8 Å². The lowest BCUT2D eigenvalue weighted by Crippen LogP contribution is -2.19. The summed E-state index contributed by atoms with van der Waals surface area (Å²) < 4.78 is 0.996. The molecular formula is C17H18BrN3O. The maximum Gasteiger partial charge on any atom is 0.274 e. The van der Waals surface area contributed by atoms with Crippen LogP contribution in [0.5, 0.6) is 0 Å². The van der Waals surface area contributed by atoms with E-state index in [1.807, 2.05) is 31.2 Å². The Morgan fingerprint density at radius 2 is 2.00 bits per heavy atom. The number of benzene rings is 1. The zero-order valence-electron chi connectivity index (χ0n) is 12.5. The monoisotopic (exact) mass is 359 g/mol. The molecule has 0 radical (unpaired) electrons. The molecule has 1 aliphatic rings. The zero-order valence-corrected chi connectivity index (χ0v) is 14.1. The van der Waals surface area contributed by atoms with Gasteiger partial charge in [-0.05, 0) is 55.7 Å². The first kappa shape index (κ1) is 15.0. The summed E-state index contributed by atoms with van der Waals surface area (Å²) in [6.45, 7) is 4.11. The highest BCUT2D eigenvalue weighted by molar-refractivity contribution is 9.10. The van der Waals surface area contributed by atoms with Crippen molar-refractivity contribution in [2.24, 2.45) is 0 Å². The van der Waals surface area contributed by atoms with Gasteiger partial charge in [0.2, 0.25) is 0 Å². The number of aryl methyl sites for hydroxylation is 1. The Kier molecular flexibility index (Phi) is 4.43. The minimum absolute atomic E-state index is 0.182. The molecule has 5 heteroatoms. The Balaban J connectivity index is 1.71. The van der Waals surface area contributed by atoms with Crippen molar-refractivity contribution in [1.29, 1.82) is 0 Å². The molecule has 0 aliphatic carbocycles. The predicted octanol–water partition coefficient (Wildman–Crippen LogP) is 4.01. The Morgan fingerprint density at radius 1 is 1.23 bits per heavy atom. The Bertz CT molecular complexity index is 679. The molecule has 1 aliphatic heterocycles. The van der Waals surface area contributed by atoms with Crippen LogP contribution >= 0.6 is 15.9 Å². The molecule has 1 amide bonds. The van der Waals surface area contributed by atoms with Crippen LogP contribution < -0.4 is 10.2 Å². The molecule has 0 unspecified atom stereocenters. The predicted molar refractivity (Wildman–Crippen MR) is 92.5 cm³/mol. The van der Waals surface area contributed by atoms with Gasteiger partial charge in [-0.15, -0.1) is 0 Å². The second kappa shape index (κ2) is 6.48. The molecule has 0 saturated carbocycles. The summed E-state index contributed by atoms with van der Waals surface area (Å²) in [5.74, 6) is -0.182. The topological polar surface area (TPSA) is 45.2 Å². The van der Waals surface area contributed by atoms with E-state index in [2.05, 4.69) is 31.1 Å². The van der Waals surface area contributed by atoms with Gasteiger partial charge in [-0.1, -0.05) is 15.9 Å². The number of amides is 1. The molecule has 1 fully saturated rings. The first-order chi connectivity index (χ1) is 10.6. The van der Waals surface area contributed by atoms with E-state index in [0.717, 1.165) is 34.5 Å². The number of nitrogens with one attached hydrogen (secondary N) is 1. The molecule has 0 bridgehead atoms. The normalized spacial score (nSPS) is 14.2. The summed E-state index contributed by atoms with van der Waals surface area (Å²) in [6, 6.07) is 9.53. The Labute approximate surface area is 138 Å². The van der Waals surface area contributed by atoms with Gasteiger partial charge in [0.25, 0.3) is 5.91 Å². The van der Waals surface area contributed by atoms with Crippen molar-refractivity contribution in [2.75, 3.05) is 23.3 Å². The van der Waals surface area contributed by atoms with Crippen LogP contribution in [0.4, 0.5) is 11.4 Å². The summed E-state index contributed by atoms with van der Waals surface area (Å²) in [6.07, 6.45) is 4.24. The van der Waals surface area contributed by atoms with Crippen molar-refractivity contribution in [3.8, 4) is 0 Å². The van der Waals surface area contributed by atoms with Crippen molar-refractivity contribution >= 4 is 33.2 Å². The summed E-state index contributed by atoms with van der Waals surface area (Å²) in [5, 5.41) is 2.91. The summed E-state index contributed by atoms with van der Waals surface area (Å²) >= 11 is 3.42. The molecule has 2 heterocycles. The fourth-order valence-electron chi connectivity index (χ4n) is 2.64. The average Bonchev–Trinajstić information content (AvgIpc) is 3.04. The summed E-state index contributed by atoms with van der Waals surface area (Å²) in [5.41, 5.74) is 3.34. The van der Waals surface area contributed by atoms with E-state index in [1.165, 1.54) is 12.8 Å². The number of anilines is 2. The molecule has 0 atom stereocenters. The second-order valence-corrected chi connectivity index (χ2v) is 6.42. The van der Waals surface area contributed by atoms with Crippen molar-refractivity contribution in [1.82, 2.24) is 4.98 Å². The van der Waals surface area contributed by atoms with Gasteiger partial charge in [-0.3, -0.25) is 4.79 Å². The maximum atomic E-state index is 12.3. The van der Waals surface area contributed by atoms with Gasteiger partial charge in [0.05, 0.1) is 11.9 Å². The van der Waals surface area contributed by atoms with Gasteiger partial charge in [-0.2, -0.15) is 0 Å². The van der Waals surface area contributed by atoms with Crippen molar-refractivity contribution in [3.63, 3.8) is 0 Å². The molecular weight excluding hydrogens is 342 g/mol. The lowest BCUT2D eigenvalue weighted by Gasteiger charge is -2.17. The first-order valence-corrected chi connectivity index (χ1v) is 8.21. The number of carbonyl (C=O) groups excluding carboxylic acids is 1. The molecule has 2 aromatic rings. The molecule has 1 N–H and O–H groups in total. The van der Waals surface area contributed by atoms with E-state index >= 15 is 0 Å². The van der Waals surface area contributed by atoms with E-state index < -0.39 is 0 Å². The lowest BCUT2D eigenvalue weighted by atomic mass is 10.2. The van der Waals surface area contributed by atoms with Crippen molar-refractivity contribution in [3.05, 3.63) is 52.3 Å². The third-order valence-corrected chi connectivity index (χ3v) is 4.38. The van der Waals surface area contributed by atoms with E-state index in [-0.39, 0.29) is 5.91 Å². The minimum atomic E-state index is -0.182. The highest BCUT2D eigenvalue weighted by atomic mass is 79.9. The van der Waals surface area contributed by atoms with Crippen LogP contribution in [-0.4, -0.2) is 24.0 Å². The number of carbonyl (C=O) groups is 1. The van der Waals surface area contributed by atoms with Crippen LogP contribution in [0.3, 0.4) is 0 Å². The van der Waals surface area contributed by atoms with Crippen LogP contribution in [0.1, 0.15) is 28.9 Å². The SMILES string of the molecule is Cc1cc(Br)ccc1NC(=O)c1ccc(N2CCCC2)cn1. The molecule has 1 aromatic carbocycles. The lowest BCUT2D eigenvalue weighted by molar-refractivity contribution is 0.102. The minimum Gasteiger partial charge on any atom is -0.370 e. The van der Waals surface area contributed by atoms with Crippen LogP contribution in [0, 0.1) is 6.92 Å². The highest BCUT2D eigenvalue weighted by Crippen LogP contribution is 2.22. The van der Waals surface area contributed by atoms with Gasteiger partial charge >= 0.3 is 0 Å². The standard InChI is InChI=1S/C17H18BrN3O/c1-12-10-13(18)4-6-15(12)20-17(22)16-7-5-14(11-19-16)21-8-2-3-9-21/h4-7,10-11H,2-3,8-9H2,1H3,(H,20,22). The van der Waals surface area contributed by atoms with Crippen LogP contribution in [-0.2, 0) is 0 Å². The molecule has 4 nitrogen and oxygen atoms in total. The fourth-order valence-corrected chi connectivity index (χ4v) is 3.11. The third-order valence-electron chi connectivity index (χ3n) is 3.89. The van der Waals surface area contributed by atoms with Crippen molar-refractivity contribution < 1.29 is 4.79 Å². The molecule has 1 aromatic heterocycles. The number of hydrogen-bond donors (Lipinski definition) is 1. The van der Waals surface area contributed by atoms with Gasteiger partial charge in [0.1, 0.15) is 5.69 Å². The zero-order chi connectivity index (χ0) is 15.5. The molecule has 22 heavy (non-hydrogen) atoms. The van der Waals surface area contributed by atoms with Gasteiger partial charge in [0, 0.05) is 23.2 Å². The van der Waals surface area contributed by atoms with Crippen LogP contribution in [0.2, 0.25) is 0 Å². The molecule has 1 saturated heterocycles. The van der Waals surface area contributed by atoms with Crippen LogP contribution in [0.25, 0.3) is 0 Å². The largest absolute Gasteiger partial charge is 0.370 e. The van der Waals surface area contributed by atoms with Crippen LogP contribution in [0.15, 0.2) is 41.0 Å². The highest BCUT2D eigenvalue weighted by Gasteiger charge is 2.14. The number of aromatic nitrogens is 1. The van der Waals surface area contributed by atoms with Gasteiger partial charge in [0.15, 0.2) is 0 Å². The quantitative estimate of drug-likeness (QED) is 0.900. The Morgan fingerprint density at radius 3 is 2.64 bits per heavy atom. The number of rotatable bonds is 3. The van der Waals surface area contributed by atoms with E-state index in [9.17, 15) is 4.79 Å². The Hall–Kier alpha value is -1.88. The number of hydrogen-bond acceptors (Lipinski definition) is 3. The smallest absolute Gasteiger partial charge is 0.274 e.